The van der Waals surface area contributed by atoms with Gasteiger partial charge in [0.25, 0.3) is 5.91 Å². The number of carbonyl (C=O) groups excluding carboxylic acids is 4. The SMILES string of the molecule is CCCC(=O)OCN(C(=O)[C@@H](N)C(C)CC)[C@H](CCc1nc(C(=O)N[C@@H](Cc2ccc(O)cc2)C[C@H](C)C(=O)NNOCCSSC[C@H](N)C(=O)O)cs1)C(C)C. The van der Waals surface area contributed by atoms with Gasteiger partial charge in [-0.3, -0.25) is 34.2 Å². The third-order valence-corrected chi connectivity index (χ3v) is 12.6. The number of ether oxygens (including phenoxy) is 1. The maximum atomic E-state index is 13.7. The molecule has 57 heavy (non-hydrogen) atoms. The molecule has 0 fully saturated rings. The fourth-order valence-corrected chi connectivity index (χ4v) is 8.31. The second kappa shape index (κ2) is 26.5. The molecule has 0 saturated heterocycles. The number of amides is 3. The minimum atomic E-state index is -1.06. The quantitative estimate of drug-likeness (QED) is 0.0210. The van der Waals surface area contributed by atoms with Gasteiger partial charge in [-0.25, -0.2) is 4.98 Å². The highest BCUT2D eigenvalue weighted by molar-refractivity contribution is 8.76. The molecule has 3 amide bonds. The van der Waals surface area contributed by atoms with Gasteiger partial charge in [-0.15, -0.1) is 16.9 Å². The number of hydrogen-bond donors (Lipinski definition) is 7. The minimum absolute atomic E-state index is 0.00665. The molecule has 320 valence electrons. The van der Waals surface area contributed by atoms with Crippen molar-refractivity contribution in [2.24, 2.45) is 29.2 Å². The highest BCUT2D eigenvalue weighted by Gasteiger charge is 2.33. The molecule has 0 aliphatic carbocycles. The van der Waals surface area contributed by atoms with Gasteiger partial charge < -0.3 is 36.6 Å². The summed E-state index contributed by atoms with van der Waals surface area (Å²) in [6.07, 6.45) is 3.22. The Morgan fingerprint density at radius 2 is 1.74 bits per heavy atom. The number of aliphatic carboxylic acids is 1. The molecule has 1 aromatic heterocycles. The van der Waals surface area contributed by atoms with E-state index in [1.807, 2.05) is 34.6 Å². The molecule has 2 aromatic rings. The molecule has 1 aromatic carbocycles. The van der Waals surface area contributed by atoms with E-state index in [9.17, 15) is 29.1 Å². The number of rotatable bonds is 28. The van der Waals surface area contributed by atoms with Gasteiger partial charge >= 0.3 is 11.9 Å². The van der Waals surface area contributed by atoms with Crippen LogP contribution in [0, 0.1) is 17.8 Å². The van der Waals surface area contributed by atoms with Crippen molar-refractivity contribution >= 4 is 62.6 Å². The number of hydrogen-bond acceptors (Lipinski definition) is 15. The van der Waals surface area contributed by atoms with Gasteiger partial charge in [0.05, 0.1) is 17.7 Å². The Hall–Kier alpha value is -3.46. The van der Waals surface area contributed by atoms with E-state index in [2.05, 4.69) is 21.3 Å². The number of nitrogens with one attached hydrogen (secondary N) is 3. The fourth-order valence-electron chi connectivity index (χ4n) is 5.57. The van der Waals surface area contributed by atoms with E-state index in [0.29, 0.717) is 36.4 Å². The molecule has 0 saturated carbocycles. The number of carboxylic acids is 1. The first-order chi connectivity index (χ1) is 27.1. The highest BCUT2D eigenvalue weighted by atomic mass is 33.1. The van der Waals surface area contributed by atoms with Gasteiger partial charge in [-0.05, 0) is 55.2 Å². The lowest BCUT2D eigenvalue weighted by atomic mass is 9.94. The molecule has 19 heteroatoms. The largest absolute Gasteiger partial charge is 0.508 e. The van der Waals surface area contributed by atoms with Gasteiger partial charge in [0.1, 0.15) is 17.5 Å². The van der Waals surface area contributed by atoms with Crippen molar-refractivity contribution in [2.45, 2.75) is 111 Å². The van der Waals surface area contributed by atoms with Gasteiger partial charge in [0.15, 0.2) is 6.73 Å². The van der Waals surface area contributed by atoms with Gasteiger partial charge in [-0.1, -0.05) is 81.7 Å². The lowest BCUT2D eigenvalue weighted by Gasteiger charge is -2.36. The molecule has 16 nitrogen and oxygen atoms in total. The van der Waals surface area contributed by atoms with Gasteiger partial charge in [0.2, 0.25) is 11.8 Å². The van der Waals surface area contributed by atoms with Crippen LogP contribution in [-0.2, 0) is 41.6 Å². The number of nitrogens with two attached hydrogens (primary N) is 2. The van der Waals surface area contributed by atoms with E-state index in [1.165, 1.54) is 32.9 Å². The first kappa shape index (κ1) is 49.7. The minimum Gasteiger partial charge on any atom is -0.508 e. The Balaban J connectivity index is 2.07. The molecule has 6 atom stereocenters. The molecule has 0 radical (unpaired) electrons. The fraction of sp³-hybridized carbons (Fsp3) is 0.632. The van der Waals surface area contributed by atoms with E-state index in [-0.39, 0.29) is 79.0 Å². The average molecular weight is 856 g/mol. The molecule has 1 unspecified atom stereocenters. The van der Waals surface area contributed by atoms with Crippen molar-refractivity contribution in [3.8, 4) is 5.75 Å². The average Bonchev–Trinajstić information content (AvgIpc) is 3.66. The highest BCUT2D eigenvalue weighted by Crippen LogP contribution is 2.24. The van der Waals surface area contributed by atoms with Crippen LogP contribution in [0.3, 0.4) is 0 Å². The van der Waals surface area contributed by atoms with Gasteiger partial charge in [-0.2, -0.15) is 0 Å². The summed E-state index contributed by atoms with van der Waals surface area (Å²) in [6, 6.07) is 4.14. The van der Waals surface area contributed by atoms with Crippen molar-refractivity contribution in [1.29, 1.82) is 0 Å². The van der Waals surface area contributed by atoms with Crippen LogP contribution in [-0.4, -0.2) is 98.8 Å². The van der Waals surface area contributed by atoms with E-state index in [0.717, 1.165) is 12.0 Å². The summed E-state index contributed by atoms with van der Waals surface area (Å²) in [7, 11) is 2.71. The number of esters is 1. The maximum absolute atomic E-state index is 13.7. The number of phenols is 1. The van der Waals surface area contributed by atoms with Crippen LogP contribution in [0.25, 0.3) is 0 Å². The summed E-state index contributed by atoms with van der Waals surface area (Å²) in [4.78, 5) is 74.7. The van der Waals surface area contributed by atoms with E-state index in [1.54, 1.807) is 41.5 Å². The standard InChI is InChI=1S/C38H61N7O9S3/c1-7-9-33(47)53-22-45(37(50)34(40)24(5)8-2)31(23(3)4)14-15-32-42-30(21-55-32)36(49)41-27(19-26-10-12-28(46)13-11-26)18-25(6)35(48)43-44-54-16-17-56-57-20-29(39)38(51)52/h10-13,21,23-25,27,29,31,34,44,46H,7-9,14-20,22,39-40H2,1-6H3,(H,41,49)(H,43,48)(H,51,52)/t24?,25-,27+,29-,31+,34-/m0/s1. The van der Waals surface area contributed by atoms with Crippen LogP contribution in [0.2, 0.25) is 0 Å². The summed E-state index contributed by atoms with van der Waals surface area (Å²) in [5.74, 6) is -2.21. The number of thiazole rings is 1. The van der Waals surface area contributed by atoms with E-state index >= 15 is 0 Å². The second-order valence-electron chi connectivity index (χ2n) is 14.3. The number of hydrazine groups is 1. The zero-order chi connectivity index (χ0) is 42.5. The molecular formula is C38H61N7O9S3. The molecule has 2 rings (SSSR count). The topological polar surface area (TPSA) is 249 Å². The monoisotopic (exact) mass is 855 g/mol. The van der Waals surface area contributed by atoms with Crippen molar-refractivity contribution in [3.05, 3.63) is 45.9 Å². The first-order valence-electron chi connectivity index (χ1n) is 19.2. The smallest absolute Gasteiger partial charge is 0.321 e. The molecule has 0 aliphatic rings. The third kappa shape index (κ3) is 18.3. The molecule has 0 aliphatic heterocycles. The number of carbonyl (C=O) groups is 5. The number of aromatic hydroxyl groups is 1. The van der Waals surface area contributed by atoms with Crippen molar-refractivity contribution < 1.29 is 43.8 Å². The second-order valence-corrected chi connectivity index (χ2v) is 17.8. The van der Waals surface area contributed by atoms with Crippen LogP contribution in [0.5, 0.6) is 5.75 Å². The van der Waals surface area contributed by atoms with Crippen molar-refractivity contribution in [2.75, 3.05) is 24.8 Å². The van der Waals surface area contributed by atoms with Crippen LogP contribution in [0.15, 0.2) is 29.6 Å². The van der Waals surface area contributed by atoms with Crippen molar-refractivity contribution in [3.63, 3.8) is 0 Å². The Labute approximate surface area is 347 Å². The molecule has 9 N–H and O–H groups in total. The third-order valence-electron chi connectivity index (χ3n) is 9.25. The number of nitrogens with zero attached hydrogens (tertiary/aromatic N) is 2. The van der Waals surface area contributed by atoms with Crippen molar-refractivity contribution in [1.82, 2.24) is 26.2 Å². The predicted molar refractivity (Wildman–Crippen MR) is 224 cm³/mol. The van der Waals surface area contributed by atoms with E-state index < -0.39 is 35.9 Å². The molecule has 0 spiro atoms. The summed E-state index contributed by atoms with van der Waals surface area (Å²) in [6.45, 7) is 11.5. The number of aryl methyl sites for hydroxylation is 1. The molecular weight excluding hydrogens is 795 g/mol. The molecule has 0 bridgehead atoms. The summed E-state index contributed by atoms with van der Waals surface area (Å²) >= 11 is 1.33. The van der Waals surface area contributed by atoms with Crippen LogP contribution in [0.4, 0.5) is 0 Å². The van der Waals surface area contributed by atoms with Crippen LogP contribution < -0.4 is 27.8 Å². The lowest BCUT2D eigenvalue weighted by molar-refractivity contribution is -0.157. The number of phenolic OH excluding ortho intramolecular Hbond substituents is 1. The normalized spacial score (nSPS) is 14.5. The summed E-state index contributed by atoms with van der Waals surface area (Å²) in [5, 5.41) is 24.0. The zero-order valence-corrected chi connectivity index (χ0v) is 36.2. The Morgan fingerprint density at radius 3 is 2.37 bits per heavy atom. The number of benzene rings is 1. The zero-order valence-electron chi connectivity index (χ0n) is 33.7. The Kier molecular flexibility index (Phi) is 23.1. The molecule has 1 heterocycles. The summed E-state index contributed by atoms with van der Waals surface area (Å²) in [5.41, 5.74) is 17.9. The van der Waals surface area contributed by atoms with E-state index in [4.69, 9.17) is 26.1 Å². The first-order valence-corrected chi connectivity index (χ1v) is 22.6. The van der Waals surface area contributed by atoms with Crippen LogP contribution >= 0.6 is 32.9 Å². The van der Waals surface area contributed by atoms with Gasteiger partial charge in [0, 0.05) is 47.7 Å². The maximum Gasteiger partial charge on any atom is 0.321 e. The predicted octanol–water partition coefficient (Wildman–Crippen LogP) is 4.02. The Bertz CT molecular complexity index is 1550. The Morgan fingerprint density at radius 1 is 1.04 bits per heavy atom. The lowest BCUT2D eigenvalue weighted by Crippen LogP contribution is -2.53. The number of carboxylic acid groups (broad SMARTS) is 1. The number of aromatic nitrogens is 1. The summed E-state index contributed by atoms with van der Waals surface area (Å²) < 4.78 is 5.51. The van der Waals surface area contributed by atoms with Crippen LogP contribution in [0.1, 0.15) is 94.7 Å².